The minimum atomic E-state index is 0.555. The molecule has 0 aliphatic carbocycles. The highest BCUT2D eigenvalue weighted by Gasteiger charge is 2.25. The van der Waals surface area contributed by atoms with E-state index in [4.69, 9.17) is 19.9 Å². The second-order valence-corrected chi connectivity index (χ2v) is 14.7. The van der Waals surface area contributed by atoms with Crippen molar-refractivity contribution in [1.29, 1.82) is 0 Å². The van der Waals surface area contributed by atoms with Gasteiger partial charge in [0.25, 0.3) is 0 Å². The Morgan fingerprint density at radius 2 is 0.793 bits per heavy atom. The number of imidazole rings is 1. The van der Waals surface area contributed by atoms with Gasteiger partial charge in [-0.3, -0.25) is 8.97 Å². The van der Waals surface area contributed by atoms with E-state index in [0.717, 1.165) is 93.9 Å². The first kappa shape index (κ1) is 32.3. The van der Waals surface area contributed by atoms with Gasteiger partial charge in [-0.2, -0.15) is 9.97 Å². The van der Waals surface area contributed by atoms with Crippen LogP contribution in [0.2, 0.25) is 0 Å². The van der Waals surface area contributed by atoms with Crippen molar-refractivity contribution >= 4 is 49.1 Å². The van der Waals surface area contributed by atoms with Crippen molar-refractivity contribution in [1.82, 2.24) is 28.9 Å². The molecule has 4 aromatic heterocycles. The maximum Gasteiger partial charge on any atom is 0.238 e. The van der Waals surface area contributed by atoms with Gasteiger partial charge in [0.05, 0.1) is 27.6 Å². The second kappa shape index (κ2) is 12.8. The van der Waals surface area contributed by atoms with Crippen molar-refractivity contribution in [3.05, 3.63) is 194 Å². The second-order valence-electron chi connectivity index (χ2n) is 14.7. The van der Waals surface area contributed by atoms with Gasteiger partial charge in [-0.15, -0.1) is 0 Å². The SMILES string of the molecule is c1ccc(-c2ccc(-c3nc(-c4ccc(-c5ccccc5)cc4)nc(-n4c5cccc6c7ccccc7n7c(-c8ccccc8)nc8ccc4c(c65)c87)n3)cc2)cc1. The van der Waals surface area contributed by atoms with Gasteiger partial charge in [0.1, 0.15) is 5.82 Å². The lowest BCUT2D eigenvalue weighted by Gasteiger charge is -2.12. The molecular formula is C52H32N6. The van der Waals surface area contributed by atoms with Gasteiger partial charge >= 0.3 is 0 Å². The summed E-state index contributed by atoms with van der Waals surface area (Å²) in [5.41, 5.74) is 12.6. The average Bonchev–Trinajstić information content (AvgIpc) is 3.82. The van der Waals surface area contributed by atoms with E-state index >= 15 is 0 Å². The van der Waals surface area contributed by atoms with Crippen LogP contribution >= 0.6 is 0 Å². The van der Waals surface area contributed by atoms with E-state index in [0.29, 0.717) is 17.6 Å². The summed E-state index contributed by atoms with van der Waals surface area (Å²) >= 11 is 0. The normalized spacial score (nSPS) is 11.8. The first-order chi connectivity index (χ1) is 28.8. The molecule has 12 rings (SSSR count). The Morgan fingerprint density at radius 1 is 0.310 bits per heavy atom. The fourth-order valence-corrected chi connectivity index (χ4v) is 8.67. The molecule has 12 aromatic rings. The van der Waals surface area contributed by atoms with E-state index in [-0.39, 0.29) is 0 Å². The van der Waals surface area contributed by atoms with E-state index in [1.807, 2.05) is 18.2 Å². The number of fused-ring (bicyclic) bond motifs is 3. The van der Waals surface area contributed by atoms with Gasteiger partial charge < -0.3 is 0 Å². The van der Waals surface area contributed by atoms with Crippen LogP contribution in [-0.4, -0.2) is 28.9 Å². The molecule has 0 aliphatic rings. The fraction of sp³-hybridized carbons (Fsp3) is 0. The van der Waals surface area contributed by atoms with Crippen molar-refractivity contribution in [3.63, 3.8) is 0 Å². The molecule has 0 unspecified atom stereocenters. The van der Waals surface area contributed by atoms with Crippen LogP contribution in [0.15, 0.2) is 194 Å². The van der Waals surface area contributed by atoms with Gasteiger partial charge in [0, 0.05) is 32.8 Å². The van der Waals surface area contributed by atoms with Crippen LogP contribution in [-0.2, 0) is 0 Å². The monoisotopic (exact) mass is 740 g/mol. The van der Waals surface area contributed by atoms with Crippen LogP contribution < -0.4 is 0 Å². The zero-order chi connectivity index (χ0) is 38.2. The van der Waals surface area contributed by atoms with Crippen LogP contribution in [0.1, 0.15) is 0 Å². The Bertz CT molecular complexity index is 3360. The molecule has 0 radical (unpaired) electrons. The number of nitrogens with zero attached hydrogens (tertiary/aromatic N) is 6. The summed E-state index contributed by atoms with van der Waals surface area (Å²) in [6.45, 7) is 0. The predicted molar refractivity (Wildman–Crippen MR) is 236 cm³/mol. The Labute approximate surface area is 333 Å². The third-order valence-corrected chi connectivity index (χ3v) is 11.4. The molecule has 0 fully saturated rings. The molecule has 0 aliphatic heterocycles. The lowest BCUT2D eigenvalue weighted by molar-refractivity contribution is 0.954. The van der Waals surface area contributed by atoms with Gasteiger partial charge in [0.15, 0.2) is 11.6 Å². The minimum Gasteiger partial charge on any atom is -0.291 e. The van der Waals surface area contributed by atoms with Crippen molar-refractivity contribution in [2.24, 2.45) is 0 Å². The maximum atomic E-state index is 5.31. The smallest absolute Gasteiger partial charge is 0.238 e. The number of para-hydroxylation sites is 1. The third-order valence-electron chi connectivity index (χ3n) is 11.4. The highest BCUT2D eigenvalue weighted by Crippen LogP contribution is 2.43. The van der Waals surface area contributed by atoms with Crippen molar-refractivity contribution < 1.29 is 0 Å². The highest BCUT2D eigenvalue weighted by atomic mass is 15.2. The van der Waals surface area contributed by atoms with Crippen LogP contribution in [0, 0.1) is 0 Å². The van der Waals surface area contributed by atoms with Gasteiger partial charge in [0.2, 0.25) is 5.95 Å². The number of hydrogen-bond donors (Lipinski definition) is 0. The molecule has 6 nitrogen and oxygen atoms in total. The minimum absolute atomic E-state index is 0.555. The average molecular weight is 741 g/mol. The maximum absolute atomic E-state index is 5.31. The molecule has 0 N–H and O–H groups in total. The summed E-state index contributed by atoms with van der Waals surface area (Å²) in [5, 5.41) is 4.58. The predicted octanol–water partition coefficient (Wildman–Crippen LogP) is 12.7. The summed E-state index contributed by atoms with van der Waals surface area (Å²) in [6.07, 6.45) is 0. The van der Waals surface area contributed by atoms with Gasteiger partial charge in [-0.25, -0.2) is 9.97 Å². The molecule has 0 amide bonds. The van der Waals surface area contributed by atoms with Gasteiger partial charge in [-0.05, 0) is 51.9 Å². The Hall–Kier alpha value is -7.96. The Balaban J connectivity index is 1.14. The molecule has 270 valence electrons. The molecule has 0 saturated heterocycles. The van der Waals surface area contributed by atoms with E-state index in [9.17, 15) is 0 Å². The van der Waals surface area contributed by atoms with Crippen molar-refractivity contribution in [2.75, 3.05) is 0 Å². The van der Waals surface area contributed by atoms with Crippen LogP contribution in [0.4, 0.5) is 0 Å². The number of rotatable bonds is 6. The first-order valence-corrected chi connectivity index (χ1v) is 19.5. The third kappa shape index (κ3) is 4.98. The standard InChI is InChI=1S/C52H32N6/c1-4-13-33(14-5-1)35-23-27-37(28-24-35)49-54-50(38-29-25-36(26-30-38)34-15-6-2-7-16-34)56-52(55-49)57-44-22-12-20-41-40-19-10-11-21-43(40)58-48-42(31-32-45(57)47(48)46(41)44)53-51(58)39-17-8-3-9-18-39/h1-32H. The summed E-state index contributed by atoms with van der Waals surface area (Å²) in [5.74, 6) is 2.67. The van der Waals surface area contributed by atoms with Crippen molar-refractivity contribution in [2.45, 2.75) is 0 Å². The molecular weight excluding hydrogens is 709 g/mol. The molecule has 0 atom stereocenters. The van der Waals surface area contributed by atoms with E-state index < -0.39 is 0 Å². The topological polar surface area (TPSA) is 60.9 Å². The molecule has 4 heterocycles. The molecule has 58 heavy (non-hydrogen) atoms. The summed E-state index contributed by atoms with van der Waals surface area (Å²) < 4.78 is 4.56. The Kier molecular flexibility index (Phi) is 7.13. The van der Waals surface area contributed by atoms with E-state index in [1.165, 1.54) is 0 Å². The molecule has 0 saturated carbocycles. The number of hydrogen-bond acceptors (Lipinski definition) is 4. The quantitative estimate of drug-likeness (QED) is 0.170. The lowest BCUT2D eigenvalue weighted by Crippen LogP contribution is -2.06. The largest absolute Gasteiger partial charge is 0.291 e. The Morgan fingerprint density at radius 3 is 1.41 bits per heavy atom. The van der Waals surface area contributed by atoms with E-state index in [2.05, 4.69) is 185 Å². The fourth-order valence-electron chi connectivity index (χ4n) is 8.67. The molecule has 6 heteroatoms. The summed E-state index contributed by atoms with van der Waals surface area (Å²) in [4.78, 5) is 21.1. The highest BCUT2D eigenvalue weighted by molar-refractivity contribution is 6.30. The lowest BCUT2D eigenvalue weighted by atomic mass is 10.0. The molecule has 8 aromatic carbocycles. The van der Waals surface area contributed by atoms with Gasteiger partial charge in [-0.1, -0.05) is 170 Å². The summed E-state index contributed by atoms with van der Waals surface area (Å²) in [7, 11) is 0. The van der Waals surface area contributed by atoms with Crippen LogP contribution in [0.25, 0.3) is 111 Å². The van der Waals surface area contributed by atoms with Crippen LogP contribution in [0.3, 0.4) is 0 Å². The molecule has 0 bridgehead atoms. The van der Waals surface area contributed by atoms with E-state index in [1.54, 1.807) is 0 Å². The number of aromatic nitrogens is 6. The zero-order valence-corrected chi connectivity index (χ0v) is 31.2. The first-order valence-electron chi connectivity index (χ1n) is 19.5. The zero-order valence-electron chi connectivity index (χ0n) is 31.2. The summed E-state index contributed by atoms with van der Waals surface area (Å²) in [6, 6.07) is 67.8. The van der Waals surface area contributed by atoms with Crippen molar-refractivity contribution in [3.8, 4) is 62.4 Å². The number of benzene rings is 8. The van der Waals surface area contributed by atoms with Crippen LogP contribution in [0.5, 0.6) is 0 Å². The molecule has 0 spiro atoms.